The highest BCUT2D eigenvalue weighted by Gasteiger charge is 2.35. The van der Waals surface area contributed by atoms with Gasteiger partial charge in [-0.25, -0.2) is 4.98 Å². The van der Waals surface area contributed by atoms with Gasteiger partial charge in [0.2, 0.25) is 5.91 Å². The summed E-state index contributed by atoms with van der Waals surface area (Å²) in [5.41, 5.74) is 7.78. The fourth-order valence-electron chi connectivity index (χ4n) is 2.29. The normalized spacial score (nSPS) is 18.8. The van der Waals surface area contributed by atoms with Gasteiger partial charge in [-0.3, -0.25) is 4.79 Å². The molecule has 6 nitrogen and oxygen atoms in total. The summed E-state index contributed by atoms with van der Waals surface area (Å²) in [5.74, 6) is -0.340. The molecule has 1 fully saturated rings. The van der Waals surface area contributed by atoms with Gasteiger partial charge in [-0.05, 0) is 30.5 Å². The van der Waals surface area contributed by atoms with Crippen LogP contribution < -0.4 is 4.90 Å². The van der Waals surface area contributed by atoms with E-state index in [2.05, 4.69) is 15.0 Å². The van der Waals surface area contributed by atoms with E-state index in [1.807, 2.05) is 0 Å². The average Bonchev–Trinajstić information content (AvgIpc) is 2.76. The van der Waals surface area contributed by atoms with Crippen LogP contribution in [0.15, 0.2) is 17.2 Å². The van der Waals surface area contributed by atoms with Crippen molar-refractivity contribution in [2.75, 3.05) is 18.0 Å². The molecule has 1 aromatic rings. The highest BCUT2D eigenvalue weighted by molar-refractivity contribution is 5.96. The molecule has 1 saturated heterocycles. The molecule has 2 rings (SSSR count). The Bertz CT molecular complexity index is 609. The van der Waals surface area contributed by atoms with Crippen LogP contribution in [-0.2, 0) is 11.0 Å². The Morgan fingerprint density at radius 2 is 2.24 bits per heavy atom. The lowest BCUT2D eigenvalue weighted by molar-refractivity contribution is -0.141. The monoisotopic (exact) mass is 299 g/mol. The molecule has 0 spiro atoms. The van der Waals surface area contributed by atoms with Gasteiger partial charge in [-0.1, -0.05) is 5.11 Å². The van der Waals surface area contributed by atoms with Gasteiger partial charge in [-0.15, -0.1) is 0 Å². The van der Waals surface area contributed by atoms with Crippen LogP contribution in [0.5, 0.6) is 0 Å². The minimum Gasteiger partial charge on any atom is -0.310 e. The number of nitrogens with zero attached hydrogens (tertiary/aromatic N) is 5. The van der Waals surface area contributed by atoms with Crippen LogP contribution in [0.3, 0.4) is 0 Å². The van der Waals surface area contributed by atoms with E-state index in [-0.39, 0.29) is 30.5 Å². The summed E-state index contributed by atoms with van der Waals surface area (Å²) < 4.78 is 37.7. The summed E-state index contributed by atoms with van der Waals surface area (Å²) in [5, 5.41) is 3.42. The van der Waals surface area contributed by atoms with Crippen molar-refractivity contribution >= 4 is 11.6 Å². The van der Waals surface area contributed by atoms with Crippen LogP contribution in [0.2, 0.25) is 0 Å². The van der Waals surface area contributed by atoms with Crippen LogP contribution in [0.25, 0.3) is 10.4 Å². The summed E-state index contributed by atoms with van der Waals surface area (Å²) in [4.78, 5) is 19.5. The first-order valence-electron chi connectivity index (χ1n) is 6.19. The smallest absolute Gasteiger partial charge is 0.310 e. The fourth-order valence-corrected chi connectivity index (χ4v) is 2.29. The first-order chi connectivity index (χ1) is 9.82. The van der Waals surface area contributed by atoms with Crippen molar-refractivity contribution in [1.29, 1.82) is 0 Å². The molecule has 1 aliphatic rings. The minimum absolute atomic E-state index is 0.130. The topological polar surface area (TPSA) is 82.0 Å². The molecule has 21 heavy (non-hydrogen) atoms. The molecule has 0 saturated carbocycles. The molecule has 1 aliphatic heterocycles. The lowest BCUT2D eigenvalue weighted by Gasteiger charge is -2.19. The molecule has 2 heterocycles. The number of carbonyl (C=O) groups excluding carboxylic acids is 1. The number of hydrogen-bond donors (Lipinski definition) is 0. The molecule has 1 unspecified atom stereocenters. The van der Waals surface area contributed by atoms with Crippen LogP contribution in [0, 0.1) is 12.8 Å². The van der Waals surface area contributed by atoms with E-state index >= 15 is 0 Å². The summed E-state index contributed by atoms with van der Waals surface area (Å²) in [6.07, 6.45) is -4.30. The number of amides is 1. The van der Waals surface area contributed by atoms with Gasteiger partial charge in [0.25, 0.3) is 0 Å². The van der Waals surface area contributed by atoms with Crippen LogP contribution in [0.1, 0.15) is 17.8 Å². The number of aromatic nitrogens is 1. The Morgan fingerprint density at radius 3 is 2.81 bits per heavy atom. The number of anilines is 1. The molecule has 1 aromatic heterocycles. The van der Waals surface area contributed by atoms with Crippen molar-refractivity contribution in [3.05, 3.63) is 34.0 Å². The second-order valence-electron chi connectivity index (χ2n) is 4.79. The van der Waals surface area contributed by atoms with Crippen molar-refractivity contribution in [1.82, 2.24) is 4.98 Å². The number of azide groups is 1. The molecule has 1 amide bonds. The standard InChI is InChI=1S/C12H12F3N5O/c1-7-9(2-3-10(18-7)12(13,14)15)20-6-8(4-11(20)21)5-17-19-16/h2-3,8H,4-6H2,1H3. The Morgan fingerprint density at radius 1 is 1.52 bits per heavy atom. The molecule has 1 atom stereocenters. The summed E-state index contributed by atoms with van der Waals surface area (Å²) >= 11 is 0. The third-order valence-corrected chi connectivity index (χ3v) is 3.25. The van der Waals surface area contributed by atoms with Gasteiger partial charge in [0.1, 0.15) is 5.69 Å². The van der Waals surface area contributed by atoms with Crippen LogP contribution >= 0.6 is 0 Å². The Kier molecular flexibility index (Phi) is 4.04. The Hall–Kier alpha value is -2.28. The van der Waals surface area contributed by atoms with E-state index in [0.717, 1.165) is 6.07 Å². The van der Waals surface area contributed by atoms with E-state index in [9.17, 15) is 18.0 Å². The number of aryl methyl sites for hydroxylation is 1. The minimum atomic E-state index is -4.51. The number of hydrogen-bond acceptors (Lipinski definition) is 3. The predicted octanol–water partition coefficient (Wildman–Crippen LogP) is 3.07. The zero-order valence-electron chi connectivity index (χ0n) is 11.1. The number of carbonyl (C=O) groups is 1. The lowest BCUT2D eigenvalue weighted by atomic mass is 10.1. The molecule has 0 radical (unpaired) electrons. The van der Waals surface area contributed by atoms with Crippen LogP contribution in [0.4, 0.5) is 18.9 Å². The van der Waals surface area contributed by atoms with E-state index in [1.165, 1.54) is 17.9 Å². The second kappa shape index (κ2) is 5.61. The van der Waals surface area contributed by atoms with E-state index in [0.29, 0.717) is 12.2 Å². The van der Waals surface area contributed by atoms with Crippen molar-refractivity contribution < 1.29 is 18.0 Å². The molecule has 9 heteroatoms. The Labute approximate surface area is 118 Å². The van der Waals surface area contributed by atoms with Gasteiger partial charge < -0.3 is 4.90 Å². The lowest BCUT2D eigenvalue weighted by Crippen LogP contribution is -2.26. The van der Waals surface area contributed by atoms with E-state index in [4.69, 9.17) is 5.53 Å². The Balaban J connectivity index is 2.23. The van der Waals surface area contributed by atoms with Crippen molar-refractivity contribution in [2.24, 2.45) is 11.0 Å². The van der Waals surface area contributed by atoms with Crippen molar-refractivity contribution in [3.63, 3.8) is 0 Å². The second-order valence-corrected chi connectivity index (χ2v) is 4.79. The van der Waals surface area contributed by atoms with Gasteiger partial charge >= 0.3 is 6.18 Å². The highest BCUT2D eigenvalue weighted by atomic mass is 19.4. The third kappa shape index (κ3) is 3.25. The molecular formula is C12H12F3N5O. The first kappa shape index (κ1) is 15.1. The predicted molar refractivity (Wildman–Crippen MR) is 68.4 cm³/mol. The number of alkyl halides is 3. The fraction of sp³-hybridized carbons (Fsp3) is 0.500. The van der Waals surface area contributed by atoms with E-state index < -0.39 is 11.9 Å². The molecule has 0 aromatic carbocycles. The maximum atomic E-state index is 12.6. The van der Waals surface area contributed by atoms with E-state index in [1.54, 1.807) is 0 Å². The molecular weight excluding hydrogens is 287 g/mol. The number of halogens is 3. The zero-order valence-corrected chi connectivity index (χ0v) is 11.1. The molecule has 112 valence electrons. The average molecular weight is 299 g/mol. The van der Waals surface area contributed by atoms with Crippen molar-refractivity contribution in [3.8, 4) is 0 Å². The maximum absolute atomic E-state index is 12.6. The SMILES string of the molecule is Cc1nc(C(F)(F)F)ccc1N1CC(CN=[N+]=[N-])CC1=O. The van der Waals surface area contributed by atoms with Gasteiger partial charge in [0, 0.05) is 24.4 Å². The first-order valence-corrected chi connectivity index (χ1v) is 6.19. The summed E-state index contributed by atoms with van der Waals surface area (Å²) in [7, 11) is 0. The van der Waals surface area contributed by atoms with Gasteiger partial charge in [0.05, 0.1) is 11.4 Å². The molecule has 0 aliphatic carbocycles. The van der Waals surface area contributed by atoms with Gasteiger partial charge in [-0.2, -0.15) is 13.2 Å². The molecule has 0 bridgehead atoms. The van der Waals surface area contributed by atoms with Crippen LogP contribution in [-0.4, -0.2) is 24.0 Å². The third-order valence-electron chi connectivity index (χ3n) is 3.25. The largest absolute Gasteiger partial charge is 0.433 e. The van der Waals surface area contributed by atoms with Crippen molar-refractivity contribution in [2.45, 2.75) is 19.5 Å². The maximum Gasteiger partial charge on any atom is 0.433 e. The highest BCUT2D eigenvalue weighted by Crippen LogP contribution is 2.32. The number of rotatable bonds is 3. The number of pyridine rings is 1. The quantitative estimate of drug-likeness (QED) is 0.488. The van der Waals surface area contributed by atoms with Gasteiger partial charge in [0.15, 0.2) is 0 Å². The zero-order chi connectivity index (χ0) is 15.6. The summed E-state index contributed by atoms with van der Waals surface area (Å²) in [6, 6.07) is 2.11. The molecule has 0 N–H and O–H groups in total. The summed E-state index contributed by atoms with van der Waals surface area (Å²) in [6.45, 7) is 1.93.